The highest BCUT2D eigenvalue weighted by Gasteiger charge is 2.13. The second-order valence-electron chi connectivity index (χ2n) is 4.10. The van der Waals surface area contributed by atoms with E-state index in [0.717, 1.165) is 0 Å². The van der Waals surface area contributed by atoms with Crippen LogP contribution in [0.2, 0.25) is 0 Å². The molecule has 0 aliphatic rings. The van der Waals surface area contributed by atoms with Crippen LogP contribution in [0.3, 0.4) is 0 Å². The highest BCUT2D eigenvalue weighted by Crippen LogP contribution is 2.21. The number of nitrogens with one attached hydrogen (secondary N) is 2. The SMILES string of the molecule is CCOC(C)CNC(=O)Nc1ccc(Br)cc1C(=O)O. The number of anilines is 1. The normalized spacial score (nSPS) is 11.8. The Kier molecular flexibility index (Phi) is 6.47. The van der Waals surface area contributed by atoms with Gasteiger partial charge in [-0.3, -0.25) is 0 Å². The number of carboxylic acids is 1. The largest absolute Gasteiger partial charge is 0.478 e. The molecule has 0 aliphatic heterocycles. The van der Waals surface area contributed by atoms with E-state index >= 15 is 0 Å². The molecule has 0 heterocycles. The quantitative estimate of drug-likeness (QED) is 0.740. The van der Waals surface area contributed by atoms with E-state index in [9.17, 15) is 9.59 Å². The van der Waals surface area contributed by atoms with Gasteiger partial charge in [-0.1, -0.05) is 15.9 Å². The second kappa shape index (κ2) is 7.86. The Bertz CT molecular complexity index is 493. The number of halogens is 1. The number of rotatable bonds is 6. The lowest BCUT2D eigenvalue weighted by Crippen LogP contribution is -2.35. The van der Waals surface area contributed by atoms with Crippen LogP contribution in [0.15, 0.2) is 22.7 Å². The Morgan fingerprint density at radius 2 is 2.15 bits per heavy atom. The molecule has 0 fully saturated rings. The molecule has 1 aromatic rings. The van der Waals surface area contributed by atoms with Crippen LogP contribution in [0.1, 0.15) is 24.2 Å². The first kappa shape index (κ1) is 16.5. The number of aromatic carboxylic acids is 1. The second-order valence-corrected chi connectivity index (χ2v) is 5.01. The highest BCUT2D eigenvalue weighted by atomic mass is 79.9. The van der Waals surface area contributed by atoms with Gasteiger partial charge in [-0.15, -0.1) is 0 Å². The minimum atomic E-state index is -1.11. The van der Waals surface area contributed by atoms with Gasteiger partial charge in [0.05, 0.1) is 17.4 Å². The van der Waals surface area contributed by atoms with Crippen LogP contribution >= 0.6 is 15.9 Å². The van der Waals surface area contributed by atoms with Crippen molar-refractivity contribution in [2.75, 3.05) is 18.5 Å². The predicted molar refractivity (Wildman–Crippen MR) is 79.2 cm³/mol. The zero-order valence-corrected chi connectivity index (χ0v) is 12.9. The van der Waals surface area contributed by atoms with Gasteiger partial charge in [-0.05, 0) is 32.0 Å². The van der Waals surface area contributed by atoms with E-state index in [-0.39, 0.29) is 17.4 Å². The molecule has 20 heavy (non-hydrogen) atoms. The maximum Gasteiger partial charge on any atom is 0.337 e. The predicted octanol–water partition coefficient (Wildman–Crippen LogP) is 2.69. The van der Waals surface area contributed by atoms with Crippen molar-refractivity contribution in [3.63, 3.8) is 0 Å². The molecule has 1 aromatic carbocycles. The summed E-state index contributed by atoms with van der Waals surface area (Å²) in [7, 11) is 0. The van der Waals surface area contributed by atoms with Crippen LogP contribution in [0.5, 0.6) is 0 Å². The molecule has 0 bridgehead atoms. The molecular weight excluding hydrogens is 328 g/mol. The summed E-state index contributed by atoms with van der Waals surface area (Å²) in [4.78, 5) is 22.8. The van der Waals surface area contributed by atoms with E-state index in [1.165, 1.54) is 12.1 Å². The lowest BCUT2D eigenvalue weighted by molar-refractivity contribution is 0.0697. The van der Waals surface area contributed by atoms with Gasteiger partial charge >= 0.3 is 12.0 Å². The fourth-order valence-electron chi connectivity index (χ4n) is 1.55. The van der Waals surface area contributed by atoms with E-state index in [4.69, 9.17) is 9.84 Å². The van der Waals surface area contributed by atoms with Gasteiger partial charge in [0.15, 0.2) is 0 Å². The lowest BCUT2D eigenvalue weighted by Gasteiger charge is -2.14. The number of urea groups is 1. The number of carbonyl (C=O) groups is 2. The Morgan fingerprint density at radius 1 is 1.45 bits per heavy atom. The summed E-state index contributed by atoms with van der Waals surface area (Å²) in [6, 6.07) is 4.14. The molecule has 2 amide bonds. The van der Waals surface area contributed by atoms with Gasteiger partial charge in [-0.25, -0.2) is 9.59 Å². The van der Waals surface area contributed by atoms with Crippen molar-refractivity contribution < 1.29 is 19.4 Å². The van der Waals surface area contributed by atoms with Crippen LogP contribution in [-0.2, 0) is 4.74 Å². The molecule has 3 N–H and O–H groups in total. The van der Waals surface area contributed by atoms with Crippen molar-refractivity contribution in [3.05, 3.63) is 28.2 Å². The number of amides is 2. The minimum Gasteiger partial charge on any atom is -0.478 e. The third-order valence-electron chi connectivity index (χ3n) is 2.46. The Labute approximate surface area is 125 Å². The monoisotopic (exact) mass is 344 g/mol. The van der Waals surface area contributed by atoms with Crippen molar-refractivity contribution in [2.24, 2.45) is 0 Å². The van der Waals surface area contributed by atoms with Gasteiger partial charge < -0.3 is 20.5 Å². The summed E-state index contributed by atoms with van der Waals surface area (Å²) >= 11 is 3.19. The van der Waals surface area contributed by atoms with Crippen molar-refractivity contribution in [2.45, 2.75) is 20.0 Å². The number of hydrogen-bond acceptors (Lipinski definition) is 3. The van der Waals surface area contributed by atoms with Crippen LogP contribution < -0.4 is 10.6 Å². The molecule has 1 rings (SSSR count). The molecule has 0 saturated heterocycles. The van der Waals surface area contributed by atoms with Gasteiger partial charge in [0.25, 0.3) is 0 Å². The van der Waals surface area contributed by atoms with Gasteiger partial charge in [0.1, 0.15) is 0 Å². The number of hydrogen-bond donors (Lipinski definition) is 3. The number of carboxylic acid groups (broad SMARTS) is 1. The molecule has 0 saturated carbocycles. The summed E-state index contributed by atoms with van der Waals surface area (Å²) in [5.41, 5.74) is 0.259. The van der Waals surface area contributed by atoms with Crippen LogP contribution in [0.4, 0.5) is 10.5 Å². The Morgan fingerprint density at radius 3 is 2.75 bits per heavy atom. The fourth-order valence-corrected chi connectivity index (χ4v) is 1.91. The maximum absolute atomic E-state index is 11.7. The zero-order valence-electron chi connectivity index (χ0n) is 11.3. The van der Waals surface area contributed by atoms with Crippen molar-refractivity contribution in [1.29, 1.82) is 0 Å². The first-order valence-electron chi connectivity index (χ1n) is 6.13. The number of benzene rings is 1. The standard InChI is InChI=1S/C13H17BrN2O4/c1-3-20-8(2)7-15-13(19)16-11-5-4-9(14)6-10(11)12(17)18/h4-6,8H,3,7H2,1-2H3,(H,17,18)(H2,15,16,19). The summed E-state index contributed by atoms with van der Waals surface area (Å²) < 4.78 is 5.91. The molecule has 6 nitrogen and oxygen atoms in total. The van der Waals surface area contributed by atoms with Crippen molar-refractivity contribution in [1.82, 2.24) is 5.32 Å². The molecule has 110 valence electrons. The third-order valence-corrected chi connectivity index (χ3v) is 2.95. The van der Waals surface area contributed by atoms with Crippen molar-refractivity contribution in [3.8, 4) is 0 Å². The Hall–Kier alpha value is -1.60. The van der Waals surface area contributed by atoms with Gasteiger partial charge in [0.2, 0.25) is 0 Å². The molecule has 0 radical (unpaired) electrons. The molecule has 7 heteroatoms. The Balaban J connectivity index is 2.64. The average Bonchev–Trinajstić information content (AvgIpc) is 2.38. The van der Waals surface area contributed by atoms with E-state index in [1.54, 1.807) is 6.07 Å². The molecule has 1 unspecified atom stereocenters. The fraction of sp³-hybridized carbons (Fsp3) is 0.385. The highest BCUT2D eigenvalue weighted by molar-refractivity contribution is 9.10. The van der Waals surface area contributed by atoms with E-state index in [0.29, 0.717) is 17.6 Å². The molecule has 0 aliphatic carbocycles. The average molecular weight is 345 g/mol. The number of carbonyl (C=O) groups excluding carboxylic acids is 1. The van der Waals surface area contributed by atoms with E-state index < -0.39 is 12.0 Å². The molecular formula is C13H17BrN2O4. The zero-order chi connectivity index (χ0) is 15.1. The lowest BCUT2D eigenvalue weighted by atomic mass is 10.2. The maximum atomic E-state index is 11.7. The van der Waals surface area contributed by atoms with E-state index in [1.807, 2.05) is 13.8 Å². The van der Waals surface area contributed by atoms with E-state index in [2.05, 4.69) is 26.6 Å². The topological polar surface area (TPSA) is 87.7 Å². The summed E-state index contributed by atoms with van der Waals surface area (Å²) in [5, 5.41) is 14.2. The first-order chi connectivity index (χ1) is 9.43. The van der Waals surface area contributed by atoms with Gasteiger partial charge in [-0.2, -0.15) is 0 Å². The van der Waals surface area contributed by atoms with Crippen molar-refractivity contribution >= 4 is 33.6 Å². The third kappa shape index (κ3) is 5.18. The van der Waals surface area contributed by atoms with Crippen LogP contribution in [0.25, 0.3) is 0 Å². The van der Waals surface area contributed by atoms with Gasteiger partial charge in [0, 0.05) is 17.6 Å². The first-order valence-corrected chi connectivity index (χ1v) is 6.92. The minimum absolute atomic E-state index is 0.0207. The summed E-state index contributed by atoms with van der Waals surface area (Å²) in [6.45, 7) is 4.63. The smallest absolute Gasteiger partial charge is 0.337 e. The van der Waals surface area contributed by atoms with Crippen LogP contribution in [-0.4, -0.2) is 36.4 Å². The summed E-state index contributed by atoms with van der Waals surface area (Å²) in [5.74, 6) is -1.11. The molecule has 0 aromatic heterocycles. The number of ether oxygens (including phenoxy) is 1. The van der Waals surface area contributed by atoms with Crippen LogP contribution in [0, 0.1) is 0 Å². The molecule has 0 spiro atoms. The summed E-state index contributed by atoms with van der Waals surface area (Å²) in [6.07, 6.45) is -0.102. The molecule has 1 atom stereocenters.